The molecule has 0 spiro atoms. The topological polar surface area (TPSA) is 27.7 Å². The van der Waals surface area contributed by atoms with Crippen molar-refractivity contribution in [2.24, 2.45) is 29.6 Å². The Kier molecular flexibility index (Phi) is 8.64. The van der Waals surface area contributed by atoms with Crippen LogP contribution >= 0.6 is 0 Å². The summed E-state index contributed by atoms with van der Waals surface area (Å²) in [5.41, 5.74) is 0. The smallest absolute Gasteiger partial charge is 0.174 e. The molecule has 0 bridgehead atoms. The minimum Gasteiger partial charge on any atom is -0.349 e. The molecule has 2 heterocycles. The van der Waals surface area contributed by atoms with Crippen LogP contribution in [0, 0.1) is 29.6 Å². The maximum absolute atomic E-state index is 6.86. The summed E-state index contributed by atoms with van der Waals surface area (Å²) in [5.74, 6) is 2.09. The average molecular weight is 383 g/mol. The van der Waals surface area contributed by atoms with Gasteiger partial charge in [-0.1, -0.05) is 81.1 Å². The van der Waals surface area contributed by atoms with Crippen molar-refractivity contribution in [2.45, 2.75) is 125 Å². The van der Waals surface area contributed by atoms with E-state index in [1.54, 1.807) is 0 Å². The first-order valence-corrected chi connectivity index (χ1v) is 11.9. The molecule has 2 saturated heterocycles. The monoisotopic (exact) mass is 382 g/mol. The first-order valence-electron chi connectivity index (χ1n) is 11.9. The third-order valence-corrected chi connectivity index (χ3v) is 7.68. The molecule has 0 aromatic heterocycles. The Morgan fingerprint density at radius 3 is 1.96 bits per heavy atom. The average Bonchev–Trinajstić information content (AvgIpc) is 2.89. The van der Waals surface area contributed by atoms with Gasteiger partial charge in [-0.05, 0) is 30.6 Å². The maximum Gasteiger partial charge on any atom is 0.174 e. The molecule has 2 aliphatic heterocycles. The molecule has 0 radical (unpaired) electrons. The van der Waals surface area contributed by atoms with E-state index in [-0.39, 0.29) is 6.29 Å². The summed E-state index contributed by atoms with van der Waals surface area (Å²) in [4.78, 5) is 0. The summed E-state index contributed by atoms with van der Waals surface area (Å²) in [5, 5.41) is 0. The molecule has 0 saturated carbocycles. The Morgan fingerprint density at radius 1 is 0.778 bits per heavy atom. The summed E-state index contributed by atoms with van der Waals surface area (Å²) >= 11 is 0. The molecule has 2 rings (SSSR count). The fourth-order valence-electron chi connectivity index (χ4n) is 5.53. The number of hydrogen-bond acceptors (Lipinski definition) is 3. The second kappa shape index (κ2) is 10.1. The molecule has 0 aliphatic carbocycles. The summed E-state index contributed by atoms with van der Waals surface area (Å²) < 4.78 is 20.2. The Hall–Kier alpha value is -0.120. The van der Waals surface area contributed by atoms with Gasteiger partial charge in [-0.2, -0.15) is 0 Å². The zero-order valence-corrected chi connectivity index (χ0v) is 19.3. The highest BCUT2D eigenvalue weighted by molar-refractivity contribution is 4.94. The normalized spacial score (nSPS) is 45.3. The summed E-state index contributed by atoms with van der Waals surface area (Å²) in [6.45, 7) is 18.4. The van der Waals surface area contributed by atoms with Gasteiger partial charge in [0.05, 0.1) is 12.2 Å². The van der Waals surface area contributed by atoms with E-state index in [1.165, 1.54) is 6.42 Å². The highest BCUT2D eigenvalue weighted by atomic mass is 16.8. The van der Waals surface area contributed by atoms with Crippen LogP contribution in [-0.4, -0.2) is 24.3 Å². The molecule has 3 nitrogen and oxygen atoms in total. The molecule has 0 amide bonds. The zero-order valence-electron chi connectivity index (χ0n) is 19.3. The van der Waals surface area contributed by atoms with Gasteiger partial charge in [0.25, 0.3) is 0 Å². The SMILES string of the molecule is CCCC1OC(OC2(CCC)OC(CCC)C(CC)C2C)C(C)C(C)C1C. The van der Waals surface area contributed by atoms with E-state index in [0.29, 0.717) is 41.8 Å². The predicted octanol–water partition coefficient (Wildman–Crippen LogP) is 6.79. The highest BCUT2D eigenvalue weighted by Gasteiger charge is 2.54. The van der Waals surface area contributed by atoms with Gasteiger partial charge in [-0.15, -0.1) is 0 Å². The Balaban J connectivity index is 2.23. The lowest BCUT2D eigenvalue weighted by atomic mass is 9.77. The van der Waals surface area contributed by atoms with Crippen molar-refractivity contribution in [1.29, 1.82) is 0 Å². The molecule has 0 aromatic rings. The number of hydrogen-bond donors (Lipinski definition) is 0. The summed E-state index contributed by atoms with van der Waals surface area (Å²) in [6, 6.07) is 0. The lowest BCUT2D eigenvalue weighted by molar-refractivity contribution is -0.355. The molecule has 9 unspecified atom stereocenters. The predicted molar refractivity (Wildman–Crippen MR) is 113 cm³/mol. The third-order valence-electron chi connectivity index (χ3n) is 7.68. The lowest BCUT2D eigenvalue weighted by Crippen LogP contribution is -2.51. The first-order chi connectivity index (χ1) is 12.8. The van der Waals surface area contributed by atoms with Crippen LogP contribution < -0.4 is 0 Å². The van der Waals surface area contributed by atoms with E-state index in [2.05, 4.69) is 55.4 Å². The molecule has 2 fully saturated rings. The van der Waals surface area contributed by atoms with Gasteiger partial charge in [0, 0.05) is 18.3 Å². The van der Waals surface area contributed by atoms with Gasteiger partial charge < -0.3 is 14.2 Å². The van der Waals surface area contributed by atoms with E-state index in [4.69, 9.17) is 14.2 Å². The van der Waals surface area contributed by atoms with Crippen molar-refractivity contribution in [2.75, 3.05) is 0 Å². The Labute approximate surface area is 168 Å². The molecule has 9 atom stereocenters. The second-order valence-corrected chi connectivity index (χ2v) is 9.39. The van der Waals surface area contributed by atoms with Crippen LogP contribution in [0.5, 0.6) is 0 Å². The van der Waals surface area contributed by atoms with E-state index in [0.717, 1.165) is 38.5 Å². The molecule has 160 valence electrons. The fraction of sp³-hybridized carbons (Fsp3) is 1.00. The van der Waals surface area contributed by atoms with Crippen LogP contribution in [0.3, 0.4) is 0 Å². The van der Waals surface area contributed by atoms with Gasteiger partial charge in [0.1, 0.15) is 0 Å². The molecule has 0 N–H and O–H groups in total. The molecule has 27 heavy (non-hydrogen) atoms. The van der Waals surface area contributed by atoms with Crippen molar-refractivity contribution in [1.82, 2.24) is 0 Å². The van der Waals surface area contributed by atoms with E-state index >= 15 is 0 Å². The standard InChI is InChI=1S/C24H46O3/c1-9-13-21-17(6)16(5)18(7)23(25-21)27-24(15-11-3)19(8)20(12-4)22(26-24)14-10-2/h16-23H,9-15H2,1-8H3. The summed E-state index contributed by atoms with van der Waals surface area (Å²) in [6.07, 6.45) is 8.23. The molecule has 0 aromatic carbocycles. The van der Waals surface area contributed by atoms with E-state index in [9.17, 15) is 0 Å². The molecule has 3 heteroatoms. The Morgan fingerprint density at radius 2 is 1.41 bits per heavy atom. The molecular formula is C24H46O3. The van der Waals surface area contributed by atoms with Crippen LogP contribution in [0.15, 0.2) is 0 Å². The minimum atomic E-state index is -0.481. The van der Waals surface area contributed by atoms with Crippen LogP contribution in [0.1, 0.15) is 100 Å². The van der Waals surface area contributed by atoms with E-state index < -0.39 is 5.79 Å². The Bertz CT molecular complexity index is 439. The third kappa shape index (κ3) is 4.73. The minimum absolute atomic E-state index is 0.153. The fourth-order valence-corrected chi connectivity index (χ4v) is 5.53. The van der Waals surface area contributed by atoms with Gasteiger partial charge in [-0.25, -0.2) is 0 Å². The number of rotatable bonds is 9. The van der Waals surface area contributed by atoms with Gasteiger partial charge in [0.15, 0.2) is 12.1 Å². The van der Waals surface area contributed by atoms with Crippen LogP contribution in [-0.2, 0) is 14.2 Å². The lowest BCUT2D eigenvalue weighted by Gasteiger charge is -2.47. The quantitative estimate of drug-likeness (QED) is 0.439. The van der Waals surface area contributed by atoms with Crippen LogP contribution in [0.25, 0.3) is 0 Å². The first kappa shape index (κ1) is 23.2. The largest absolute Gasteiger partial charge is 0.349 e. The van der Waals surface area contributed by atoms with Crippen molar-refractivity contribution in [3.8, 4) is 0 Å². The van der Waals surface area contributed by atoms with E-state index in [1.807, 2.05) is 0 Å². The van der Waals surface area contributed by atoms with Crippen molar-refractivity contribution in [3.05, 3.63) is 0 Å². The van der Waals surface area contributed by atoms with Gasteiger partial charge in [-0.3, -0.25) is 0 Å². The zero-order chi connectivity index (χ0) is 20.2. The van der Waals surface area contributed by atoms with Crippen molar-refractivity contribution < 1.29 is 14.2 Å². The van der Waals surface area contributed by atoms with Gasteiger partial charge >= 0.3 is 0 Å². The van der Waals surface area contributed by atoms with Crippen LogP contribution in [0.4, 0.5) is 0 Å². The second-order valence-electron chi connectivity index (χ2n) is 9.39. The number of ether oxygens (including phenoxy) is 3. The molecule has 2 aliphatic rings. The maximum atomic E-state index is 6.86. The summed E-state index contributed by atoms with van der Waals surface area (Å²) in [7, 11) is 0. The van der Waals surface area contributed by atoms with Gasteiger partial charge in [0.2, 0.25) is 0 Å². The van der Waals surface area contributed by atoms with Crippen molar-refractivity contribution in [3.63, 3.8) is 0 Å². The highest BCUT2D eigenvalue weighted by Crippen LogP contribution is 2.49. The molecular weight excluding hydrogens is 336 g/mol. The van der Waals surface area contributed by atoms with Crippen LogP contribution in [0.2, 0.25) is 0 Å². The van der Waals surface area contributed by atoms with Crippen molar-refractivity contribution >= 4 is 0 Å².